The molecule has 23 heavy (non-hydrogen) atoms. The molecule has 128 valence electrons. The Labute approximate surface area is 141 Å². The van der Waals surface area contributed by atoms with E-state index in [1.54, 1.807) is 4.90 Å². The molecule has 1 N–H and O–H groups in total. The maximum atomic E-state index is 12.4. The second-order valence-corrected chi connectivity index (χ2v) is 8.09. The highest BCUT2D eigenvalue weighted by molar-refractivity contribution is 7.15. The highest BCUT2D eigenvalue weighted by Crippen LogP contribution is 2.27. The molecular weight excluding hydrogens is 312 g/mol. The summed E-state index contributed by atoms with van der Waals surface area (Å²) >= 11 is 1.42. The van der Waals surface area contributed by atoms with Gasteiger partial charge in [0.15, 0.2) is 0 Å². The van der Waals surface area contributed by atoms with Crippen molar-refractivity contribution in [2.45, 2.75) is 65.3 Å². The summed E-state index contributed by atoms with van der Waals surface area (Å²) in [6.07, 6.45) is 4.61. The van der Waals surface area contributed by atoms with Crippen molar-refractivity contribution in [3.05, 3.63) is 5.01 Å². The average Bonchev–Trinajstić information content (AvgIpc) is 3.05. The topological polar surface area (TPSA) is 75.2 Å². The lowest BCUT2D eigenvalue weighted by molar-refractivity contribution is -0.131. The lowest BCUT2D eigenvalue weighted by Crippen LogP contribution is -2.42. The molecule has 0 bridgehead atoms. The third-order valence-electron chi connectivity index (χ3n) is 4.00. The summed E-state index contributed by atoms with van der Waals surface area (Å²) in [7, 11) is 0. The van der Waals surface area contributed by atoms with Gasteiger partial charge in [-0.15, -0.1) is 10.2 Å². The van der Waals surface area contributed by atoms with Crippen LogP contribution in [0.1, 0.15) is 58.4 Å². The molecule has 0 aliphatic carbocycles. The molecule has 2 rings (SSSR count). The maximum absolute atomic E-state index is 12.4. The molecule has 0 saturated carbocycles. The fraction of sp³-hybridized carbons (Fsp3) is 0.750. The van der Waals surface area contributed by atoms with Crippen LogP contribution in [0, 0.1) is 5.92 Å². The Kier molecular flexibility index (Phi) is 5.73. The van der Waals surface area contributed by atoms with Crippen LogP contribution in [0.25, 0.3) is 0 Å². The van der Waals surface area contributed by atoms with Crippen molar-refractivity contribution in [3.8, 4) is 0 Å². The third-order valence-corrected chi connectivity index (χ3v) is 4.90. The fourth-order valence-electron chi connectivity index (χ4n) is 2.67. The van der Waals surface area contributed by atoms with E-state index in [4.69, 9.17) is 0 Å². The van der Waals surface area contributed by atoms with Crippen LogP contribution in [0.2, 0.25) is 0 Å². The number of carbonyl (C=O) groups is 2. The Morgan fingerprint density at radius 1 is 1.35 bits per heavy atom. The summed E-state index contributed by atoms with van der Waals surface area (Å²) in [5.74, 6) is -0.411. The van der Waals surface area contributed by atoms with E-state index in [-0.39, 0.29) is 29.7 Å². The Bertz CT molecular complexity index is 565. The van der Waals surface area contributed by atoms with Gasteiger partial charge in [-0.3, -0.25) is 9.59 Å². The van der Waals surface area contributed by atoms with Crippen LogP contribution in [0.3, 0.4) is 0 Å². The number of hydrogen-bond acceptors (Lipinski definition) is 5. The minimum absolute atomic E-state index is 0.0372. The molecule has 1 unspecified atom stereocenters. The normalized spacial score (nSPS) is 18.5. The molecule has 1 fully saturated rings. The number of rotatable bonds is 6. The fourth-order valence-corrected chi connectivity index (χ4v) is 3.45. The van der Waals surface area contributed by atoms with E-state index in [1.807, 2.05) is 20.8 Å². The lowest BCUT2D eigenvalue weighted by Gasteiger charge is -2.31. The number of anilines is 1. The van der Waals surface area contributed by atoms with Gasteiger partial charge in [-0.05, 0) is 27.2 Å². The second-order valence-electron chi connectivity index (χ2n) is 7.02. The van der Waals surface area contributed by atoms with Crippen molar-refractivity contribution in [2.75, 3.05) is 11.9 Å². The predicted molar refractivity (Wildman–Crippen MR) is 91.3 cm³/mol. The number of nitrogens with one attached hydrogen (secondary N) is 1. The van der Waals surface area contributed by atoms with E-state index < -0.39 is 0 Å². The van der Waals surface area contributed by atoms with Crippen LogP contribution in [0.15, 0.2) is 0 Å². The van der Waals surface area contributed by atoms with E-state index in [9.17, 15) is 9.59 Å². The number of amides is 2. The number of aryl methyl sites for hydroxylation is 1. The molecule has 1 aromatic heterocycles. The van der Waals surface area contributed by atoms with Gasteiger partial charge in [-0.1, -0.05) is 31.1 Å². The van der Waals surface area contributed by atoms with Gasteiger partial charge in [0, 0.05) is 24.9 Å². The van der Waals surface area contributed by atoms with Gasteiger partial charge >= 0.3 is 0 Å². The standard InChI is InChI=1S/C16H26N4O2S/c1-5-6-7-8-12-18-19-15(23-12)17-14(22)11-9-13(21)20(10-11)16(2,3)4/h11H,5-10H2,1-4H3,(H,17,19,22). The predicted octanol–water partition coefficient (Wildman–Crippen LogP) is 2.86. The van der Waals surface area contributed by atoms with E-state index in [1.165, 1.54) is 24.2 Å². The Balaban J connectivity index is 1.89. The summed E-state index contributed by atoms with van der Waals surface area (Å²) in [6, 6.07) is 0. The molecule has 2 heterocycles. The smallest absolute Gasteiger partial charge is 0.231 e. The molecule has 1 aromatic rings. The number of aromatic nitrogens is 2. The van der Waals surface area contributed by atoms with Crippen molar-refractivity contribution in [2.24, 2.45) is 5.92 Å². The lowest BCUT2D eigenvalue weighted by atomic mass is 10.1. The summed E-state index contributed by atoms with van der Waals surface area (Å²) < 4.78 is 0. The molecule has 0 radical (unpaired) electrons. The van der Waals surface area contributed by atoms with E-state index in [0.29, 0.717) is 11.7 Å². The first-order valence-electron chi connectivity index (χ1n) is 8.25. The number of unbranched alkanes of at least 4 members (excludes halogenated alkanes) is 2. The Morgan fingerprint density at radius 2 is 2.09 bits per heavy atom. The molecule has 2 amide bonds. The molecule has 0 spiro atoms. The van der Waals surface area contributed by atoms with Gasteiger partial charge in [0.05, 0.1) is 5.92 Å². The van der Waals surface area contributed by atoms with Crippen molar-refractivity contribution >= 4 is 28.3 Å². The largest absolute Gasteiger partial charge is 0.337 e. The second kappa shape index (κ2) is 7.38. The van der Waals surface area contributed by atoms with Crippen LogP contribution < -0.4 is 5.32 Å². The van der Waals surface area contributed by atoms with E-state index in [0.717, 1.165) is 17.8 Å². The Hall–Kier alpha value is -1.50. The summed E-state index contributed by atoms with van der Waals surface area (Å²) in [4.78, 5) is 26.2. The van der Waals surface area contributed by atoms with Gasteiger partial charge in [0.1, 0.15) is 5.01 Å². The number of nitrogens with zero attached hydrogens (tertiary/aromatic N) is 3. The molecule has 1 saturated heterocycles. The Morgan fingerprint density at radius 3 is 2.70 bits per heavy atom. The van der Waals surface area contributed by atoms with Gasteiger partial charge in [-0.2, -0.15) is 0 Å². The molecule has 7 heteroatoms. The number of hydrogen-bond donors (Lipinski definition) is 1. The van der Waals surface area contributed by atoms with Crippen LogP contribution >= 0.6 is 11.3 Å². The van der Waals surface area contributed by atoms with Crippen molar-refractivity contribution in [1.29, 1.82) is 0 Å². The summed E-state index contributed by atoms with van der Waals surface area (Å²) in [6.45, 7) is 8.58. The monoisotopic (exact) mass is 338 g/mol. The number of likely N-dealkylation sites (tertiary alicyclic amines) is 1. The first-order chi connectivity index (χ1) is 10.8. The first-order valence-corrected chi connectivity index (χ1v) is 9.06. The summed E-state index contributed by atoms with van der Waals surface area (Å²) in [5.41, 5.74) is -0.249. The van der Waals surface area contributed by atoms with Gasteiger partial charge < -0.3 is 10.2 Å². The van der Waals surface area contributed by atoms with Crippen molar-refractivity contribution in [1.82, 2.24) is 15.1 Å². The minimum atomic E-state index is -0.311. The SMILES string of the molecule is CCCCCc1nnc(NC(=O)C2CC(=O)N(C(C)(C)C)C2)s1. The summed E-state index contributed by atoms with van der Waals surface area (Å²) in [5, 5.41) is 12.4. The van der Waals surface area contributed by atoms with Gasteiger partial charge in [-0.25, -0.2) is 0 Å². The van der Waals surface area contributed by atoms with Crippen LogP contribution in [0.5, 0.6) is 0 Å². The van der Waals surface area contributed by atoms with Gasteiger partial charge in [0.25, 0.3) is 0 Å². The zero-order valence-corrected chi connectivity index (χ0v) is 15.2. The highest BCUT2D eigenvalue weighted by Gasteiger charge is 2.39. The van der Waals surface area contributed by atoms with Crippen LogP contribution in [-0.4, -0.2) is 39.0 Å². The van der Waals surface area contributed by atoms with Gasteiger partial charge in [0.2, 0.25) is 16.9 Å². The molecule has 1 aliphatic heterocycles. The quantitative estimate of drug-likeness (QED) is 0.809. The van der Waals surface area contributed by atoms with E-state index in [2.05, 4.69) is 22.4 Å². The highest BCUT2D eigenvalue weighted by atomic mass is 32.1. The third kappa shape index (κ3) is 4.73. The molecule has 0 aromatic carbocycles. The molecule has 1 atom stereocenters. The zero-order chi connectivity index (χ0) is 17.0. The van der Waals surface area contributed by atoms with E-state index >= 15 is 0 Å². The molecule has 6 nitrogen and oxygen atoms in total. The van der Waals surface area contributed by atoms with Crippen molar-refractivity contribution in [3.63, 3.8) is 0 Å². The molecular formula is C16H26N4O2S. The van der Waals surface area contributed by atoms with Crippen molar-refractivity contribution < 1.29 is 9.59 Å². The first kappa shape index (κ1) is 17.8. The van der Waals surface area contributed by atoms with Crippen LogP contribution in [-0.2, 0) is 16.0 Å². The van der Waals surface area contributed by atoms with Crippen LogP contribution in [0.4, 0.5) is 5.13 Å². The molecule has 1 aliphatic rings. The average molecular weight is 338 g/mol. The number of carbonyl (C=O) groups excluding carboxylic acids is 2. The zero-order valence-electron chi connectivity index (χ0n) is 14.4. The minimum Gasteiger partial charge on any atom is -0.337 e. The maximum Gasteiger partial charge on any atom is 0.231 e.